The largest absolute Gasteiger partial charge is 0.249 e. The van der Waals surface area contributed by atoms with Crippen molar-refractivity contribution in [3.63, 3.8) is 0 Å². The molecule has 3 nitrogen and oxygen atoms in total. The minimum Gasteiger partial charge on any atom is -0.249 e. The fraction of sp³-hybridized carbons (Fsp3) is 0.444. The Morgan fingerprint density at radius 1 is 1.64 bits per heavy atom. The summed E-state index contributed by atoms with van der Waals surface area (Å²) in [6.07, 6.45) is 3.26. The topological polar surface area (TPSA) is 53.8 Å². The SMILES string of the molecule is Cc1cc(Cl)ncc1S(=N)(=O)C1CC1. The van der Waals surface area contributed by atoms with Gasteiger partial charge in [-0.05, 0) is 31.4 Å². The number of hydrogen-bond donors (Lipinski definition) is 1. The number of aryl methyl sites for hydroxylation is 1. The van der Waals surface area contributed by atoms with Gasteiger partial charge >= 0.3 is 0 Å². The molecule has 1 aromatic rings. The van der Waals surface area contributed by atoms with Gasteiger partial charge in [0.1, 0.15) is 5.15 Å². The summed E-state index contributed by atoms with van der Waals surface area (Å²) in [5.41, 5.74) is 0.803. The van der Waals surface area contributed by atoms with Crippen LogP contribution in [0.4, 0.5) is 0 Å². The molecule has 0 aromatic carbocycles. The third-order valence-corrected chi connectivity index (χ3v) is 5.05. The Bertz CT molecular complexity index is 466. The molecule has 1 unspecified atom stereocenters. The molecule has 1 fully saturated rings. The first-order valence-electron chi connectivity index (χ1n) is 4.41. The lowest BCUT2D eigenvalue weighted by molar-refractivity contribution is 0.673. The number of hydrogen-bond acceptors (Lipinski definition) is 3. The molecule has 0 bridgehead atoms. The van der Waals surface area contributed by atoms with Gasteiger partial charge in [0.2, 0.25) is 0 Å². The molecular formula is C9H11ClN2OS. The van der Waals surface area contributed by atoms with Crippen LogP contribution >= 0.6 is 11.6 Å². The Morgan fingerprint density at radius 2 is 2.29 bits per heavy atom. The van der Waals surface area contributed by atoms with Gasteiger partial charge in [0.05, 0.1) is 14.6 Å². The number of aromatic nitrogens is 1. The summed E-state index contributed by atoms with van der Waals surface area (Å²) in [4.78, 5) is 4.43. The summed E-state index contributed by atoms with van der Waals surface area (Å²) in [5, 5.41) is 0.418. The first-order chi connectivity index (χ1) is 6.51. The lowest BCUT2D eigenvalue weighted by Gasteiger charge is -2.08. The van der Waals surface area contributed by atoms with Crippen LogP contribution in [0.1, 0.15) is 18.4 Å². The molecule has 0 amide bonds. The van der Waals surface area contributed by atoms with E-state index in [1.807, 2.05) is 6.92 Å². The molecule has 14 heavy (non-hydrogen) atoms. The highest BCUT2D eigenvalue weighted by molar-refractivity contribution is 7.93. The van der Waals surface area contributed by atoms with Gasteiger partial charge in [0.25, 0.3) is 0 Å². The smallest absolute Gasteiger partial charge is 0.129 e. The van der Waals surface area contributed by atoms with Gasteiger partial charge in [0, 0.05) is 11.4 Å². The summed E-state index contributed by atoms with van der Waals surface area (Å²) in [6.45, 7) is 1.82. The van der Waals surface area contributed by atoms with E-state index in [2.05, 4.69) is 4.98 Å². The Labute approximate surface area is 88.5 Å². The molecule has 2 rings (SSSR count). The summed E-state index contributed by atoms with van der Waals surface area (Å²) < 4.78 is 19.9. The van der Waals surface area contributed by atoms with Gasteiger partial charge in [-0.3, -0.25) is 0 Å². The van der Waals surface area contributed by atoms with Crippen molar-refractivity contribution in [3.05, 3.63) is 23.0 Å². The van der Waals surface area contributed by atoms with Crippen molar-refractivity contribution in [1.29, 1.82) is 4.78 Å². The second-order valence-corrected chi connectivity index (χ2v) is 6.27. The zero-order valence-corrected chi connectivity index (χ0v) is 9.36. The number of nitrogens with zero attached hydrogens (tertiary/aromatic N) is 1. The Balaban J connectivity index is 2.51. The second kappa shape index (κ2) is 3.21. The minimum absolute atomic E-state index is 0.0316. The molecule has 1 aromatic heterocycles. The van der Waals surface area contributed by atoms with Crippen LogP contribution in [0.5, 0.6) is 0 Å². The lowest BCUT2D eigenvalue weighted by Crippen LogP contribution is -2.07. The van der Waals surface area contributed by atoms with E-state index >= 15 is 0 Å². The number of pyridine rings is 1. The van der Waals surface area contributed by atoms with Gasteiger partial charge in [-0.15, -0.1) is 0 Å². The van der Waals surface area contributed by atoms with Crippen LogP contribution in [0.2, 0.25) is 5.15 Å². The molecular weight excluding hydrogens is 220 g/mol. The number of halogens is 1. The van der Waals surface area contributed by atoms with E-state index < -0.39 is 9.73 Å². The van der Waals surface area contributed by atoms with Crippen molar-refractivity contribution in [1.82, 2.24) is 4.98 Å². The standard InChI is InChI=1S/C9H11ClN2OS/c1-6-4-9(10)12-5-8(6)14(11,13)7-2-3-7/h4-5,7,11H,2-3H2,1H3. The van der Waals surface area contributed by atoms with E-state index in [1.54, 1.807) is 6.07 Å². The molecule has 1 aliphatic carbocycles. The first kappa shape index (κ1) is 9.93. The highest BCUT2D eigenvalue weighted by Gasteiger charge is 2.34. The highest BCUT2D eigenvalue weighted by Crippen LogP contribution is 2.35. The van der Waals surface area contributed by atoms with Crippen LogP contribution in [0.3, 0.4) is 0 Å². The monoisotopic (exact) mass is 230 g/mol. The van der Waals surface area contributed by atoms with E-state index in [-0.39, 0.29) is 5.25 Å². The third-order valence-electron chi connectivity index (χ3n) is 2.35. The Morgan fingerprint density at radius 3 is 2.79 bits per heavy atom. The van der Waals surface area contributed by atoms with E-state index in [0.29, 0.717) is 10.0 Å². The molecule has 76 valence electrons. The van der Waals surface area contributed by atoms with Crippen LogP contribution in [-0.2, 0) is 9.73 Å². The van der Waals surface area contributed by atoms with E-state index in [9.17, 15) is 4.21 Å². The normalized spacial score (nSPS) is 20.4. The molecule has 1 N–H and O–H groups in total. The number of rotatable bonds is 2. The second-order valence-electron chi connectivity index (χ2n) is 3.57. The third kappa shape index (κ3) is 1.64. The Hall–Kier alpha value is -0.610. The zero-order chi connectivity index (χ0) is 10.3. The van der Waals surface area contributed by atoms with E-state index in [0.717, 1.165) is 18.4 Å². The van der Waals surface area contributed by atoms with Crippen molar-refractivity contribution in [2.45, 2.75) is 29.9 Å². The average Bonchev–Trinajstić information content (AvgIpc) is 2.84. The lowest BCUT2D eigenvalue weighted by atomic mass is 10.3. The van der Waals surface area contributed by atoms with Crippen LogP contribution < -0.4 is 0 Å². The van der Waals surface area contributed by atoms with Gasteiger partial charge in [-0.25, -0.2) is 14.0 Å². The van der Waals surface area contributed by atoms with Gasteiger partial charge in [-0.1, -0.05) is 11.6 Å². The maximum absolute atomic E-state index is 12.1. The van der Waals surface area contributed by atoms with Crippen LogP contribution in [0.15, 0.2) is 17.2 Å². The van der Waals surface area contributed by atoms with Crippen LogP contribution in [0.25, 0.3) is 0 Å². The van der Waals surface area contributed by atoms with Crippen molar-refractivity contribution in [2.24, 2.45) is 0 Å². The van der Waals surface area contributed by atoms with Crippen molar-refractivity contribution in [2.75, 3.05) is 0 Å². The van der Waals surface area contributed by atoms with Gasteiger partial charge < -0.3 is 0 Å². The van der Waals surface area contributed by atoms with E-state index in [4.69, 9.17) is 16.4 Å². The van der Waals surface area contributed by atoms with Crippen molar-refractivity contribution < 1.29 is 4.21 Å². The molecule has 0 radical (unpaired) electrons. The predicted molar refractivity (Wildman–Crippen MR) is 56.1 cm³/mol. The highest BCUT2D eigenvalue weighted by atomic mass is 35.5. The fourth-order valence-corrected chi connectivity index (χ4v) is 3.52. The van der Waals surface area contributed by atoms with Crippen molar-refractivity contribution in [3.8, 4) is 0 Å². The van der Waals surface area contributed by atoms with E-state index in [1.165, 1.54) is 6.20 Å². The van der Waals surface area contributed by atoms with Crippen LogP contribution in [-0.4, -0.2) is 14.4 Å². The molecule has 0 aliphatic heterocycles. The van der Waals surface area contributed by atoms with Crippen LogP contribution in [0, 0.1) is 11.7 Å². The molecule has 0 spiro atoms. The number of nitrogens with one attached hydrogen (secondary N) is 1. The minimum atomic E-state index is -2.63. The molecule has 1 aliphatic rings. The summed E-state index contributed by atoms with van der Waals surface area (Å²) in [7, 11) is -2.63. The summed E-state index contributed by atoms with van der Waals surface area (Å²) >= 11 is 5.70. The maximum Gasteiger partial charge on any atom is 0.129 e. The van der Waals surface area contributed by atoms with Gasteiger partial charge in [-0.2, -0.15) is 0 Å². The Kier molecular flexibility index (Phi) is 2.27. The molecule has 1 heterocycles. The maximum atomic E-state index is 12.1. The molecule has 0 saturated heterocycles. The molecule has 1 atom stereocenters. The predicted octanol–water partition coefficient (Wildman–Crippen LogP) is 2.61. The first-order valence-corrected chi connectivity index (χ1v) is 6.41. The zero-order valence-electron chi connectivity index (χ0n) is 7.79. The fourth-order valence-electron chi connectivity index (χ4n) is 1.41. The molecule has 5 heteroatoms. The summed E-state index contributed by atoms with van der Waals surface area (Å²) in [6, 6.07) is 1.66. The molecule has 1 saturated carbocycles. The quantitative estimate of drug-likeness (QED) is 0.794. The average molecular weight is 231 g/mol. The van der Waals surface area contributed by atoms with Crippen molar-refractivity contribution >= 4 is 21.3 Å². The summed E-state index contributed by atoms with van der Waals surface area (Å²) in [5.74, 6) is 0. The van der Waals surface area contributed by atoms with Gasteiger partial charge in [0.15, 0.2) is 0 Å².